The molecule has 31 heavy (non-hydrogen) atoms. The van der Waals surface area contributed by atoms with E-state index in [0.29, 0.717) is 19.5 Å². The third kappa shape index (κ3) is 4.34. The van der Waals surface area contributed by atoms with Crippen molar-refractivity contribution in [3.63, 3.8) is 0 Å². The Morgan fingerprint density at radius 2 is 1.68 bits per heavy atom. The Balaban J connectivity index is 1.19. The SMILES string of the molecule is O=C(Cc1ccc(Br)cc1)N1CCN(c2ccc(-c3ccc4c(c3)OCO4)nn2)CC1. The Kier molecular flexibility index (Phi) is 5.46. The molecule has 0 radical (unpaired) electrons. The molecule has 5 rings (SSSR count). The van der Waals surface area contributed by atoms with Crippen molar-refractivity contribution in [1.82, 2.24) is 15.1 Å². The van der Waals surface area contributed by atoms with E-state index in [1.165, 1.54) is 0 Å². The number of halogens is 1. The molecule has 0 N–H and O–H groups in total. The normalized spacial score (nSPS) is 15.3. The Hall–Kier alpha value is -3.13. The lowest BCUT2D eigenvalue weighted by Crippen LogP contribution is -2.49. The summed E-state index contributed by atoms with van der Waals surface area (Å²) in [6.07, 6.45) is 0.428. The summed E-state index contributed by atoms with van der Waals surface area (Å²) in [7, 11) is 0. The number of anilines is 1. The van der Waals surface area contributed by atoms with Crippen LogP contribution in [0, 0.1) is 0 Å². The molecule has 1 saturated heterocycles. The summed E-state index contributed by atoms with van der Waals surface area (Å²) in [5.41, 5.74) is 2.75. The highest BCUT2D eigenvalue weighted by atomic mass is 79.9. The van der Waals surface area contributed by atoms with Crippen molar-refractivity contribution in [1.29, 1.82) is 0 Å². The number of carbonyl (C=O) groups excluding carboxylic acids is 1. The lowest BCUT2D eigenvalue weighted by atomic mass is 10.1. The minimum Gasteiger partial charge on any atom is -0.454 e. The van der Waals surface area contributed by atoms with Crippen LogP contribution in [0.2, 0.25) is 0 Å². The second-order valence-corrected chi connectivity index (χ2v) is 8.43. The number of amides is 1. The van der Waals surface area contributed by atoms with E-state index in [1.54, 1.807) is 0 Å². The average Bonchev–Trinajstić information content (AvgIpc) is 3.29. The van der Waals surface area contributed by atoms with Crippen LogP contribution < -0.4 is 14.4 Å². The summed E-state index contributed by atoms with van der Waals surface area (Å²) in [5, 5.41) is 8.81. The van der Waals surface area contributed by atoms with E-state index in [4.69, 9.17) is 9.47 Å². The van der Waals surface area contributed by atoms with Crippen molar-refractivity contribution >= 4 is 27.7 Å². The van der Waals surface area contributed by atoms with Crippen LogP contribution in [0.3, 0.4) is 0 Å². The van der Waals surface area contributed by atoms with Crippen molar-refractivity contribution in [3.8, 4) is 22.8 Å². The Bertz CT molecular complexity index is 1080. The van der Waals surface area contributed by atoms with E-state index in [0.717, 1.165) is 51.7 Å². The van der Waals surface area contributed by atoms with Crippen molar-refractivity contribution in [3.05, 3.63) is 64.6 Å². The third-order valence-corrected chi connectivity index (χ3v) is 6.07. The van der Waals surface area contributed by atoms with Gasteiger partial charge in [-0.25, -0.2) is 0 Å². The first-order valence-corrected chi connectivity index (χ1v) is 11.0. The number of carbonyl (C=O) groups is 1. The van der Waals surface area contributed by atoms with Crippen LogP contribution in [-0.4, -0.2) is 54.0 Å². The summed E-state index contributed by atoms with van der Waals surface area (Å²) in [5.74, 6) is 2.46. The van der Waals surface area contributed by atoms with Gasteiger partial charge in [0.05, 0.1) is 12.1 Å². The van der Waals surface area contributed by atoms with Crippen molar-refractivity contribution in [2.75, 3.05) is 37.9 Å². The molecule has 3 aromatic rings. The molecule has 158 valence electrons. The molecule has 1 fully saturated rings. The van der Waals surface area contributed by atoms with Crippen molar-refractivity contribution in [2.45, 2.75) is 6.42 Å². The molecule has 0 saturated carbocycles. The van der Waals surface area contributed by atoms with E-state index >= 15 is 0 Å². The molecule has 3 heterocycles. The van der Waals surface area contributed by atoms with Gasteiger partial charge in [-0.1, -0.05) is 28.1 Å². The highest BCUT2D eigenvalue weighted by Crippen LogP contribution is 2.35. The van der Waals surface area contributed by atoms with Crippen LogP contribution >= 0.6 is 15.9 Å². The van der Waals surface area contributed by atoms with Crippen LogP contribution in [0.4, 0.5) is 5.82 Å². The van der Waals surface area contributed by atoms with Gasteiger partial charge in [0.1, 0.15) is 0 Å². The largest absolute Gasteiger partial charge is 0.454 e. The first kappa shape index (κ1) is 19.8. The number of benzene rings is 2. The zero-order chi connectivity index (χ0) is 21.2. The smallest absolute Gasteiger partial charge is 0.231 e. The van der Waals surface area contributed by atoms with Gasteiger partial charge in [-0.2, -0.15) is 0 Å². The maximum atomic E-state index is 12.6. The van der Waals surface area contributed by atoms with Gasteiger partial charge in [-0.05, 0) is 48.0 Å². The van der Waals surface area contributed by atoms with Crippen LogP contribution in [0.1, 0.15) is 5.56 Å². The van der Waals surface area contributed by atoms with Crippen LogP contribution in [-0.2, 0) is 11.2 Å². The third-order valence-electron chi connectivity index (χ3n) is 5.54. The summed E-state index contributed by atoms with van der Waals surface area (Å²) in [4.78, 5) is 16.7. The molecule has 2 aliphatic heterocycles. The minimum atomic E-state index is 0.159. The van der Waals surface area contributed by atoms with E-state index < -0.39 is 0 Å². The topological polar surface area (TPSA) is 67.8 Å². The van der Waals surface area contributed by atoms with Crippen LogP contribution in [0.15, 0.2) is 59.1 Å². The van der Waals surface area contributed by atoms with E-state index in [9.17, 15) is 4.79 Å². The lowest BCUT2D eigenvalue weighted by Gasteiger charge is -2.35. The monoisotopic (exact) mass is 480 g/mol. The zero-order valence-electron chi connectivity index (χ0n) is 16.8. The molecule has 0 bridgehead atoms. The number of hydrogen-bond donors (Lipinski definition) is 0. The van der Waals surface area contributed by atoms with Gasteiger partial charge in [0.25, 0.3) is 0 Å². The van der Waals surface area contributed by atoms with Gasteiger partial charge >= 0.3 is 0 Å². The maximum absolute atomic E-state index is 12.6. The average molecular weight is 481 g/mol. The summed E-state index contributed by atoms with van der Waals surface area (Å²) >= 11 is 3.42. The maximum Gasteiger partial charge on any atom is 0.231 e. The Labute approximate surface area is 188 Å². The molecule has 0 aliphatic carbocycles. The first-order valence-electron chi connectivity index (χ1n) is 10.2. The number of ether oxygens (including phenoxy) is 2. The molecule has 0 atom stereocenters. The van der Waals surface area contributed by atoms with Crippen molar-refractivity contribution in [2.24, 2.45) is 0 Å². The fourth-order valence-corrected chi connectivity index (χ4v) is 4.04. The molecule has 2 aromatic carbocycles. The highest BCUT2D eigenvalue weighted by molar-refractivity contribution is 9.10. The number of aromatic nitrogens is 2. The first-order chi connectivity index (χ1) is 15.2. The van der Waals surface area contributed by atoms with E-state index in [1.807, 2.05) is 59.5 Å². The quantitative estimate of drug-likeness (QED) is 0.568. The van der Waals surface area contributed by atoms with Gasteiger partial charge in [0.15, 0.2) is 17.3 Å². The van der Waals surface area contributed by atoms with Gasteiger partial charge in [-0.3, -0.25) is 4.79 Å². The second-order valence-electron chi connectivity index (χ2n) is 7.52. The Morgan fingerprint density at radius 1 is 0.903 bits per heavy atom. The van der Waals surface area contributed by atoms with E-state index in [2.05, 4.69) is 31.0 Å². The molecule has 1 amide bonds. The molecule has 8 heteroatoms. The van der Waals surface area contributed by atoms with Gasteiger partial charge in [0, 0.05) is 36.2 Å². The van der Waals surface area contributed by atoms with Gasteiger partial charge < -0.3 is 19.3 Å². The fourth-order valence-electron chi connectivity index (χ4n) is 3.78. The van der Waals surface area contributed by atoms with E-state index in [-0.39, 0.29) is 12.7 Å². The summed E-state index contributed by atoms with van der Waals surface area (Å²) in [6.45, 7) is 3.09. The van der Waals surface area contributed by atoms with Crippen LogP contribution in [0.25, 0.3) is 11.3 Å². The number of piperazine rings is 1. The predicted octanol–water partition coefficient (Wildman–Crippen LogP) is 3.53. The standard InChI is InChI=1S/C23H21BrN4O3/c24-18-4-1-16(2-5-18)13-23(29)28-11-9-27(10-12-28)22-8-6-19(25-26-22)17-3-7-20-21(14-17)31-15-30-20/h1-8,14H,9-13,15H2. The predicted molar refractivity (Wildman–Crippen MR) is 120 cm³/mol. The molecular formula is C23H21BrN4O3. The molecule has 2 aliphatic rings. The second kappa shape index (κ2) is 8.55. The summed E-state index contributed by atoms with van der Waals surface area (Å²) < 4.78 is 11.8. The number of fused-ring (bicyclic) bond motifs is 1. The van der Waals surface area contributed by atoms with Gasteiger partial charge in [0.2, 0.25) is 12.7 Å². The highest BCUT2D eigenvalue weighted by Gasteiger charge is 2.22. The minimum absolute atomic E-state index is 0.159. The lowest BCUT2D eigenvalue weighted by molar-refractivity contribution is -0.130. The number of hydrogen-bond acceptors (Lipinski definition) is 6. The molecule has 7 nitrogen and oxygen atoms in total. The van der Waals surface area contributed by atoms with Crippen molar-refractivity contribution < 1.29 is 14.3 Å². The number of nitrogens with zero attached hydrogens (tertiary/aromatic N) is 4. The zero-order valence-corrected chi connectivity index (χ0v) is 18.4. The van der Waals surface area contributed by atoms with Gasteiger partial charge in [-0.15, -0.1) is 10.2 Å². The number of rotatable bonds is 4. The molecule has 0 spiro atoms. The molecule has 0 unspecified atom stereocenters. The van der Waals surface area contributed by atoms with Crippen LogP contribution in [0.5, 0.6) is 11.5 Å². The molecular weight excluding hydrogens is 460 g/mol. The molecule has 1 aromatic heterocycles. The summed E-state index contributed by atoms with van der Waals surface area (Å²) in [6, 6.07) is 17.6. The Morgan fingerprint density at radius 3 is 2.42 bits per heavy atom. The fraction of sp³-hybridized carbons (Fsp3) is 0.261.